The fourth-order valence-electron chi connectivity index (χ4n) is 2.34. The van der Waals surface area contributed by atoms with Crippen molar-refractivity contribution in [3.05, 3.63) is 46.6 Å². The maximum absolute atomic E-state index is 12.0. The highest BCUT2D eigenvalue weighted by molar-refractivity contribution is 9.10. The molecule has 1 heterocycles. The Bertz CT molecular complexity index is 462. The number of halogens is 1. The van der Waals surface area contributed by atoms with Crippen LogP contribution < -0.4 is 0 Å². The van der Waals surface area contributed by atoms with Gasteiger partial charge in [-0.15, -0.1) is 0 Å². The normalized spacial score (nSPS) is 16.8. The average Bonchev–Trinajstić information content (AvgIpc) is 2.47. The van der Waals surface area contributed by atoms with E-state index in [0.29, 0.717) is 0 Å². The molecule has 0 radical (unpaired) electrons. The van der Waals surface area contributed by atoms with Crippen molar-refractivity contribution < 1.29 is 4.79 Å². The van der Waals surface area contributed by atoms with E-state index in [0.717, 1.165) is 36.2 Å². The molecule has 0 aliphatic carbocycles. The average molecular weight is 337 g/mol. The Hall–Kier alpha value is -1.13. The van der Waals surface area contributed by atoms with Crippen LogP contribution in [0.3, 0.4) is 0 Å². The number of hydrogen-bond acceptors (Lipinski definition) is 3. The third kappa shape index (κ3) is 4.46. The van der Waals surface area contributed by atoms with E-state index in [-0.39, 0.29) is 5.78 Å². The summed E-state index contributed by atoms with van der Waals surface area (Å²) in [6.07, 6.45) is 4.82. The number of allylic oxidation sites excluding steroid dienone is 1. The van der Waals surface area contributed by atoms with Gasteiger partial charge in [0.25, 0.3) is 0 Å². The predicted octanol–water partition coefficient (Wildman–Crippen LogP) is 3.17. The molecule has 0 N–H and O–H groups in total. The first-order valence-corrected chi connectivity index (χ1v) is 7.93. The summed E-state index contributed by atoms with van der Waals surface area (Å²) in [5, 5.41) is 0. The molecule has 20 heavy (non-hydrogen) atoms. The second-order valence-electron chi connectivity index (χ2n) is 5.06. The van der Waals surface area contributed by atoms with E-state index in [1.54, 1.807) is 6.08 Å². The number of carbonyl (C=O) groups is 1. The van der Waals surface area contributed by atoms with Gasteiger partial charge in [0.1, 0.15) is 0 Å². The molecule has 0 bridgehead atoms. The summed E-state index contributed by atoms with van der Waals surface area (Å²) >= 11 is 3.37. The van der Waals surface area contributed by atoms with Gasteiger partial charge in [-0.1, -0.05) is 22.9 Å². The van der Waals surface area contributed by atoms with Gasteiger partial charge in [-0.25, -0.2) is 0 Å². The van der Waals surface area contributed by atoms with Crippen molar-refractivity contribution in [3.63, 3.8) is 0 Å². The topological polar surface area (TPSA) is 23.6 Å². The highest BCUT2D eigenvalue weighted by Gasteiger charge is 2.13. The van der Waals surface area contributed by atoms with Gasteiger partial charge in [0, 0.05) is 48.5 Å². The minimum absolute atomic E-state index is 0.0634. The smallest absolute Gasteiger partial charge is 0.187 e. The summed E-state index contributed by atoms with van der Waals surface area (Å²) in [5.41, 5.74) is 0.731. The molecule has 1 saturated heterocycles. The largest absolute Gasteiger partial charge is 0.375 e. The van der Waals surface area contributed by atoms with E-state index in [1.165, 1.54) is 13.0 Å². The standard InChI is InChI=1S/C16H21BrN2O/c1-2-8-18-10-12-19(13-11-18)9-7-16(20)14-3-5-15(17)6-4-14/h3-7,9H,2,8,10-13H2,1H3. The van der Waals surface area contributed by atoms with Crippen LogP contribution in [-0.4, -0.2) is 48.3 Å². The summed E-state index contributed by atoms with van der Waals surface area (Å²) in [4.78, 5) is 16.7. The highest BCUT2D eigenvalue weighted by Crippen LogP contribution is 2.11. The molecule has 0 saturated carbocycles. The van der Waals surface area contributed by atoms with E-state index >= 15 is 0 Å². The minimum Gasteiger partial charge on any atom is -0.375 e. The lowest BCUT2D eigenvalue weighted by atomic mass is 10.1. The lowest BCUT2D eigenvalue weighted by Gasteiger charge is -2.33. The molecule has 0 unspecified atom stereocenters. The van der Waals surface area contributed by atoms with Crippen LogP contribution in [0.15, 0.2) is 41.0 Å². The molecule has 1 aliphatic rings. The van der Waals surface area contributed by atoms with Crippen LogP contribution in [0.2, 0.25) is 0 Å². The van der Waals surface area contributed by atoms with Gasteiger partial charge in [0.05, 0.1) is 0 Å². The number of carbonyl (C=O) groups excluding carboxylic acids is 1. The fourth-order valence-corrected chi connectivity index (χ4v) is 2.60. The number of rotatable bonds is 5. The number of ketones is 1. The lowest BCUT2D eigenvalue weighted by molar-refractivity contribution is 0.104. The molecule has 0 amide bonds. The molecule has 1 aromatic rings. The molecule has 1 fully saturated rings. The third-order valence-corrected chi connectivity index (χ3v) is 4.04. The number of hydrogen-bond donors (Lipinski definition) is 0. The lowest BCUT2D eigenvalue weighted by Crippen LogP contribution is -2.44. The minimum atomic E-state index is 0.0634. The van der Waals surface area contributed by atoms with Crippen LogP contribution in [0.4, 0.5) is 0 Å². The van der Waals surface area contributed by atoms with Crippen LogP contribution in [0.25, 0.3) is 0 Å². The van der Waals surface area contributed by atoms with Crippen molar-refractivity contribution in [1.29, 1.82) is 0 Å². The first-order valence-electron chi connectivity index (χ1n) is 7.13. The third-order valence-electron chi connectivity index (χ3n) is 3.51. The van der Waals surface area contributed by atoms with Crippen molar-refractivity contribution in [2.75, 3.05) is 32.7 Å². The second-order valence-corrected chi connectivity index (χ2v) is 5.98. The Kier molecular flexibility index (Phi) is 5.80. The maximum atomic E-state index is 12.0. The zero-order valence-electron chi connectivity index (χ0n) is 11.9. The monoisotopic (exact) mass is 336 g/mol. The Morgan fingerprint density at radius 1 is 1.20 bits per heavy atom. The maximum Gasteiger partial charge on any atom is 0.187 e. The fraction of sp³-hybridized carbons (Fsp3) is 0.438. The molecule has 2 rings (SSSR count). The van der Waals surface area contributed by atoms with Crippen molar-refractivity contribution in [2.24, 2.45) is 0 Å². The number of nitrogens with zero attached hydrogens (tertiary/aromatic N) is 2. The second kappa shape index (κ2) is 7.60. The Labute approximate surface area is 129 Å². The zero-order chi connectivity index (χ0) is 14.4. The van der Waals surface area contributed by atoms with Gasteiger partial charge in [-0.3, -0.25) is 9.69 Å². The molecule has 108 valence electrons. The molecule has 1 aromatic carbocycles. The van der Waals surface area contributed by atoms with Crippen LogP contribution in [-0.2, 0) is 0 Å². The van der Waals surface area contributed by atoms with E-state index < -0.39 is 0 Å². The summed E-state index contributed by atoms with van der Waals surface area (Å²) in [6.45, 7) is 7.57. The van der Waals surface area contributed by atoms with E-state index in [2.05, 4.69) is 32.7 Å². The van der Waals surface area contributed by atoms with Crippen molar-refractivity contribution in [1.82, 2.24) is 9.80 Å². The molecular weight excluding hydrogens is 316 g/mol. The van der Waals surface area contributed by atoms with Gasteiger partial charge in [0.2, 0.25) is 0 Å². The zero-order valence-corrected chi connectivity index (χ0v) is 13.5. The van der Waals surface area contributed by atoms with Gasteiger partial charge in [-0.2, -0.15) is 0 Å². The number of piperazine rings is 1. The molecule has 0 atom stereocenters. The predicted molar refractivity (Wildman–Crippen MR) is 85.9 cm³/mol. The molecule has 1 aliphatic heterocycles. The first-order chi connectivity index (χ1) is 9.69. The Balaban J connectivity index is 1.84. The van der Waals surface area contributed by atoms with Crippen molar-refractivity contribution in [3.8, 4) is 0 Å². The van der Waals surface area contributed by atoms with E-state index in [9.17, 15) is 4.79 Å². The number of benzene rings is 1. The highest BCUT2D eigenvalue weighted by atomic mass is 79.9. The molecule has 4 heteroatoms. The quantitative estimate of drug-likeness (QED) is 0.609. The summed E-state index contributed by atoms with van der Waals surface area (Å²) < 4.78 is 0.991. The first kappa shape index (κ1) is 15.3. The van der Waals surface area contributed by atoms with Gasteiger partial charge in [-0.05, 0) is 37.2 Å². The van der Waals surface area contributed by atoms with Crippen molar-refractivity contribution in [2.45, 2.75) is 13.3 Å². The SMILES string of the molecule is CCCN1CCN(C=CC(=O)c2ccc(Br)cc2)CC1. The van der Waals surface area contributed by atoms with E-state index in [4.69, 9.17) is 0 Å². The molecule has 0 aromatic heterocycles. The van der Waals surface area contributed by atoms with Gasteiger partial charge in [0.15, 0.2) is 5.78 Å². The Morgan fingerprint density at radius 3 is 2.45 bits per heavy atom. The molecule has 0 spiro atoms. The molecule has 3 nitrogen and oxygen atoms in total. The summed E-state index contributed by atoms with van der Waals surface area (Å²) in [5.74, 6) is 0.0634. The van der Waals surface area contributed by atoms with Gasteiger partial charge < -0.3 is 4.90 Å². The summed E-state index contributed by atoms with van der Waals surface area (Å²) in [6, 6.07) is 7.47. The molecular formula is C16H21BrN2O. The van der Waals surface area contributed by atoms with Crippen LogP contribution >= 0.6 is 15.9 Å². The van der Waals surface area contributed by atoms with Gasteiger partial charge >= 0.3 is 0 Å². The van der Waals surface area contributed by atoms with Crippen molar-refractivity contribution >= 4 is 21.7 Å². The Morgan fingerprint density at radius 2 is 1.85 bits per heavy atom. The van der Waals surface area contributed by atoms with Crippen LogP contribution in [0.5, 0.6) is 0 Å². The van der Waals surface area contributed by atoms with Crippen LogP contribution in [0.1, 0.15) is 23.7 Å². The van der Waals surface area contributed by atoms with E-state index in [1.807, 2.05) is 30.5 Å². The summed E-state index contributed by atoms with van der Waals surface area (Å²) in [7, 11) is 0. The van der Waals surface area contributed by atoms with Crippen LogP contribution in [0, 0.1) is 0 Å².